The van der Waals surface area contributed by atoms with Crippen molar-refractivity contribution in [2.75, 3.05) is 0 Å². The van der Waals surface area contributed by atoms with Gasteiger partial charge in [-0.15, -0.1) is 0 Å². The fourth-order valence-corrected chi connectivity index (χ4v) is 2.65. The molecule has 1 aliphatic rings. The number of hydrogen-bond acceptors (Lipinski definition) is 2. The lowest BCUT2D eigenvalue weighted by molar-refractivity contribution is 0.319. The van der Waals surface area contributed by atoms with Gasteiger partial charge in [-0.3, -0.25) is 0 Å². The number of hydrogen-bond donors (Lipinski definition) is 1. The zero-order chi connectivity index (χ0) is 15.2. The molecular weight excluding hydrogens is 246 g/mol. The van der Waals surface area contributed by atoms with Gasteiger partial charge >= 0.3 is 0 Å². The second kappa shape index (κ2) is 7.28. The van der Waals surface area contributed by atoms with Crippen molar-refractivity contribution in [2.45, 2.75) is 53.9 Å². The summed E-state index contributed by atoms with van der Waals surface area (Å²) in [6, 6.07) is 0. The molecule has 1 N–H and O–H groups in total. The number of oxime groups is 1. The van der Waals surface area contributed by atoms with Crippen LogP contribution in [-0.2, 0) is 0 Å². The van der Waals surface area contributed by atoms with Crippen molar-refractivity contribution in [1.82, 2.24) is 0 Å². The predicted octanol–water partition coefficient (Wildman–Crippen LogP) is 5.42. The summed E-state index contributed by atoms with van der Waals surface area (Å²) in [6.07, 6.45) is 13.9. The van der Waals surface area contributed by atoms with Crippen molar-refractivity contribution in [3.8, 4) is 0 Å². The van der Waals surface area contributed by atoms with Crippen molar-refractivity contribution in [2.24, 2.45) is 10.6 Å². The van der Waals surface area contributed by atoms with Crippen LogP contribution in [0.2, 0.25) is 0 Å². The minimum absolute atomic E-state index is 0.287. The summed E-state index contributed by atoms with van der Waals surface area (Å²) in [5.74, 6) is 0. The average molecular weight is 273 g/mol. The number of nitrogens with zero attached hydrogens (tertiary/aromatic N) is 1. The van der Waals surface area contributed by atoms with Crippen LogP contribution in [0.1, 0.15) is 53.9 Å². The molecule has 1 aliphatic carbocycles. The van der Waals surface area contributed by atoms with Gasteiger partial charge in [-0.25, -0.2) is 0 Å². The monoisotopic (exact) mass is 273 g/mol. The fraction of sp³-hybridized carbons (Fsp3) is 0.500. The molecule has 110 valence electrons. The van der Waals surface area contributed by atoms with Crippen molar-refractivity contribution >= 4 is 5.71 Å². The molecule has 20 heavy (non-hydrogen) atoms. The zero-order valence-corrected chi connectivity index (χ0v) is 13.4. The van der Waals surface area contributed by atoms with Crippen molar-refractivity contribution in [3.63, 3.8) is 0 Å². The standard InChI is InChI=1S/C18H27NO/c1-14(8-6-10-16(3)19-20)11-12-17-15(2)9-7-13-18(17,4)5/h6,8,10-12,20H,7,9,13H2,1-5H3/b10-6+,12-11+,14-8+,19-16+. The summed E-state index contributed by atoms with van der Waals surface area (Å²) < 4.78 is 0. The van der Waals surface area contributed by atoms with Crippen LogP contribution >= 0.6 is 0 Å². The summed E-state index contributed by atoms with van der Waals surface area (Å²) >= 11 is 0. The minimum Gasteiger partial charge on any atom is -0.411 e. The Kier molecular flexibility index (Phi) is 6.00. The van der Waals surface area contributed by atoms with Gasteiger partial charge in [0.2, 0.25) is 0 Å². The second-order valence-corrected chi connectivity index (χ2v) is 6.28. The van der Waals surface area contributed by atoms with Crippen LogP contribution in [0.4, 0.5) is 0 Å². The topological polar surface area (TPSA) is 32.6 Å². The van der Waals surface area contributed by atoms with Crippen molar-refractivity contribution < 1.29 is 5.21 Å². The number of allylic oxidation sites excluding steroid dienone is 8. The summed E-state index contributed by atoms with van der Waals surface area (Å²) in [5.41, 5.74) is 5.08. The van der Waals surface area contributed by atoms with Gasteiger partial charge in [-0.2, -0.15) is 0 Å². The smallest absolute Gasteiger partial charge is 0.0764 e. The molecule has 0 aromatic rings. The maximum atomic E-state index is 8.56. The van der Waals surface area contributed by atoms with E-state index >= 15 is 0 Å². The predicted molar refractivity (Wildman–Crippen MR) is 87.3 cm³/mol. The van der Waals surface area contributed by atoms with Crippen molar-refractivity contribution in [3.05, 3.63) is 47.1 Å². The maximum absolute atomic E-state index is 8.56. The third-order valence-electron chi connectivity index (χ3n) is 3.91. The molecule has 0 spiro atoms. The summed E-state index contributed by atoms with van der Waals surface area (Å²) in [5, 5.41) is 11.7. The van der Waals surface area contributed by atoms with Crippen LogP contribution in [0.3, 0.4) is 0 Å². The third-order valence-corrected chi connectivity index (χ3v) is 3.91. The molecule has 2 nitrogen and oxygen atoms in total. The highest BCUT2D eigenvalue weighted by Gasteiger charge is 2.26. The average Bonchev–Trinajstić information content (AvgIpc) is 2.37. The lowest BCUT2D eigenvalue weighted by atomic mass is 9.72. The molecule has 0 atom stereocenters. The normalized spacial score (nSPS) is 21.2. The Morgan fingerprint density at radius 1 is 1.25 bits per heavy atom. The minimum atomic E-state index is 0.287. The Labute approximate surface area is 123 Å². The number of rotatable bonds is 4. The van der Waals surface area contributed by atoms with Gasteiger partial charge in [-0.05, 0) is 57.1 Å². The van der Waals surface area contributed by atoms with Crippen LogP contribution in [0.15, 0.2) is 52.3 Å². The molecule has 0 saturated carbocycles. The molecule has 0 aromatic carbocycles. The van der Waals surface area contributed by atoms with Gasteiger partial charge in [-0.1, -0.05) is 54.5 Å². The molecule has 2 heteroatoms. The maximum Gasteiger partial charge on any atom is 0.0764 e. The first kappa shape index (κ1) is 16.5. The van der Waals surface area contributed by atoms with E-state index in [4.69, 9.17) is 5.21 Å². The molecule has 0 aliphatic heterocycles. The molecule has 0 radical (unpaired) electrons. The van der Waals surface area contributed by atoms with Gasteiger partial charge in [0, 0.05) is 0 Å². The van der Waals surface area contributed by atoms with Gasteiger partial charge < -0.3 is 5.21 Å². The van der Waals surface area contributed by atoms with Crippen LogP contribution in [0.25, 0.3) is 0 Å². The quantitative estimate of drug-likeness (QED) is 0.315. The fourth-order valence-electron chi connectivity index (χ4n) is 2.65. The molecular formula is C18H27NO. The van der Waals surface area contributed by atoms with E-state index in [2.05, 4.69) is 45.0 Å². The van der Waals surface area contributed by atoms with Gasteiger partial charge in [0.05, 0.1) is 5.71 Å². The van der Waals surface area contributed by atoms with Crippen LogP contribution in [-0.4, -0.2) is 10.9 Å². The van der Waals surface area contributed by atoms with E-state index in [0.717, 1.165) is 0 Å². The highest BCUT2D eigenvalue weighted by Crippen LogP contribution is 2.40. The third kappa shape index (κ3) is 4.84. The molecule has 0 bridgehead atoms. The molecule has 0 heterocycles. The summed E-state index contributed by atoms with van der Waals surface area (Å²) in [7, 11) is 0. The highest BCUT2D eigenvalue weighted by atomic mass is 16.4. The van der Waals surface area contributed by atoms with Gasteiger partial charge in [0.15, 0.2) is 0 Å². The first-order valence-corrected chi connectivity index (χ1v) is 7.29. The van der Waals surface area contributed by atoms with E-state index in [9.17, 15) is 0 Å². The van der Waals surface area contributed by atoms with E-state index in [1.54, 1.807) is 13.0 Å². The lowest BCUT2D eigenvalue weighted by Crippen LogP contribution is -2.19. The largest absolute Gasteiger partial charge is 0.411 e. The van der Waals surface area contributed by atoms with E-state index in [1.165, 1.54) is 36.0 Å². The van der Waals surface area contributed by atoms with Crippen LogP contribution in [0.5, 0.6) is 0 Å². The Hall–Kier alpha value is -1.57. The van der Waals surface area contributed by atoms with Crippen LogP contribution < -0.4 is 0 Å². The molecule has 0 unspecified atom stereocenters. The molecule has 0 amide bonds. The first-order valence-electron chi connectivity index (χ1n) is 7.29. The Morgan fingerprint density at radius 2 is 1.95 bits per heavy atom. The van der Waals surface area contributed by atoms with E-state index in [1.807, 2.05) is 12.2 Å². The van der Waals surface area contributed by atoms with Crippen molar-refractivity contribution in [1.29, 1.82) is 0 Å². The molecule has 0 fully saturated rings. The summed E-state index contributed by atoms with van der Waals surface area (Å²) in [6.45, 7) is 10.7. The first-order chi connectivity index (χ1) is 9.36. The SMILES string of the molecule is CC1=C(/C=C/C(C)=C/C=C/C(C)=N/O)C(C)(C)CCC1. The zero-order valence-electron chi connectivity index (χ0n) is 13.4. The molecule has 1 rings (SSSR count). The van der Waals surface area contributed by atoms with E-state index in [-0.39, 0.29) is 5.41 Å². The Bertz CT molecular complexity index is 488. The molecule has 0 saturated heterocycles. The van der Waals surface area contributed by atoms with E-state index < -0.39 is 0 Å². The Balaban J connectivity index is 2.81. The van der Waals surface area contributed by atoms with Crippen LogP contribution in [0, 0.1) is 5.41 Å². The highest BCUT2D eigenvalue weighted by molar-refractivity contribution is 5.92. The summed E-state index contributed by atoms with van der Waals surface area (Å²) in [4.78, 5) is 0. The molecule has 0 aromatic heterocycles. The second-order valence-electron chi connectivity index (χ2n) is 6.28. The van der Waals surface area contributed by atoms with E-state index in [0.29, 0.717) is 5.71 Å². The van der Waals surface area contributed by atoms with Gasteiger partial charge in [0.25, 0.3) is 0 Å². The Morgan fingerprint density at radius 3 is 2.55 bits per heavy atom. The lowest BCUT2D eigenvalue weighted by Gasteiger charge is -2.32. The van der Waals surface area contributed by atoms with Gasteiger partial charge in [0.1, 0.15) is 0 Å².